The van der Waals surface area contributed by atoms with Crippen LogP contribution in [-0.4, -0.2) is 64.2 Å². The molecule has 1 aromatic carbocycles. The highest BCUT2D eigenvalue weighted by Gasteiger charge is 2.56. The number of fused-ring (bicyclic) bond motifs is 3. The second kappa shape index (κ2) is 9.83. The van der Waals surface area contributed by atoms with E-state index in [0.29, 0.717) is 22.5 Å². The van der Waals surface area contributed by atoms with Crippen molar-refractivity contribution in [3.05, 3.63) is 63.2 Å². The standard InChI is InChI=1S/C27H24BrNO8/c28-18-12-19(31)24-17(25(18)34)11-16-13(22(24)14-3-1-2-4-20(14)37-10-9-30)5-6-15-23(16)27(36)29(26(15)35)8-7-21(32)33/h1-5,12,15-16,22-23,30H,6-11H2,(H,32,33)/t15-,16+,22+,23-/m0/s1. The number of allylic oxidation sites excluding steroid dienone is 6. The third-order valence-corrected chi connectivity index (χ3v) is 8.14. The number of aliphatic carboxylic acids is 1. The summed E-state index contributed by atoms with van der Waals surface area (Å²) in [6.45, 7) is -0.381. The van der Waals surface area contributed by atoms with Crippen LogP contribution >= 0.6 is 15.9 Å². The average molecular weight is 570 g/mol. The van der Waals surface area contributed by atoms with Crippen LogP contribution in [0.5, 0.6) is 5.75 Å². The lowest BCUT2D eigenvalue weighted by Gasteiger charge is -2.42. The summed E-state index contributed by atoms with van der Waals surface area (Å²) in [5, 5.41) is 18.4. The highest BCUT2D eigenvalue weighted by Crippen LogP contribution is 2.56. The van der Waals surface area contributed by atoms with Crippen molar-refractivity contribution < 1.29 is 38.9 Å². The Morgan fingerprint density at radius 1 is 1.11 bits per heavy atom. The molecule has 2 amide bonds. The van der Waals surface area contributed by atoms with Crippen molar-refractivity contribution in [1.82, 2.24) is 4.90 Å². The Morgan fingerprint density at radius 2 is 1.86 bits per heavy atom. The summed E-state index contributed by atoms with van der Waals surface area (Å²) < 4.78 is 5.91. The lowest BCUT2D eigenvalue weighted by atomic mass is 9.59. The number of Topliss-reactive ketones (excluding diaryl/α,β-unsaturated/α-hetero) is 1. The number of ether oxygens (including phenoxy) is 1. The Morgan fingerprint density at radius 3 is 2.59 bits per heavy atom. The van der Waals surface area contributed by atoms with Crippen LogP contribution in [0, 0.1) is 17.8 Å². The van der Waals surface area contributed by atoms with Gasteiger partial charge >= 0.3 is 5.97 Å². The molecule has 0 unspecified atom stereocenters. The molecule has 0 bridgehead atoms. The number of amides is 2. The number of para-hydroxylation sites is 1. The highest BCUT2D eigenvalue weighted by atomic mass is 79.9. The first-order valence-electron chi connectivity index (χ1n) is 12.0. The van der Waals surface area contributed by atoms with Gasteiger partial charge in [-0.25, -0.2) is 0 Å². The molecule has 0 saturated carbocycles. The zero-order chi connectivity index (χ0) is 26.4. The Labute approximate surface area is 220 Å². The molecule has 1 aliphatic heterocycles. The topological polar surface area (TPSA) is 138 Å². The number of hydrogen-bond acceptors (Lipinski definition) is 7. The fraction of sp³-hybridized carbons (Fsp3) is 0.370. The highest BCUT2D eigenvalue weighted by molar-refractivity contribution is 9.12. The van der Waals surface area contributed by atoms with E-state index >= 15 is 0 Å². The summed E-state index contributed by atoms with van der Waals surface area (Å²) in [6.07, 6.45) is 3.19. The van der Waals surface area contributed by atoms with E-state index in [0.717, 1.165) is 10.5 Å². The Kier molecular flexibility index (Phi) is 6.72. The number of carboxylic acids is 1. The predicted octanol–water partition coefficient (Wildman–Crippen LogP) is 2.29. The molecule has 37 heavy (non-hydrogen) atoms. The number of ketones is 2. The lowest BCUT2D eigenvalue weighted by molar-refractivity contribution is -0.142. The zero-order valence-electron chi connectivity index (χ0n) is 19.7. The molecule has 1 saturated heterocycles. The minimum atomic E-state index is -1.11. The molecular formula is C27H24BrNO8. The van der Waals surface area contributed by atoms with Crippen LogP contribution in [0.1, 0.15) is 30.7 Å². The van der Waals surface area contributed by atoms with Gasteiger partial charge in [-0.05, 0) is 40.8 Å². The number of nitrogens with zero attached hydrogens (tertiary/aromatic N) is 1. The summed E-state index contributed by atoms with van der Waals surface area (Å²) in [4.78, 5) is 65.3. The number of hydrogen-bond donors (Lipinski definition) is 2. The fourth-order valence-corrected chi connectivity index (χ4v) is 6.51. The number of halogens is 1. The van der Waals surface area contributed by atoms with E-state index in [1.807, 2.05) is 6.08 Å². The van der Waals surface area contributed by atoms with Crippen LogP contribution in [0.2, 0.25) is 0 Å². The second-order valence-electron chi connectivity index (χ2n) is 9.48. The van der Waals surface area contributed by atoms with Gasteiger partial charge in [0, 0.05) is 35.2 Å². The van der Waals surface area contributed by atoms with Gasteiger partial charge in [-0.1, -0.05) is 29.8 Å². The van der Waals surface area contributed by atoms with Crippen LogP contribution < -0.4 is 4.74 Å². The number of aliphatic hydroxyl groups excluding tert-OH is 1. The molecule has 9 nitrogen and oxygen atoms in total. The number of carboxylic acid groups (broad SMARTS) is 1. The zero-order valence-corrected chi connectivity index (χ0v) is 21.3. The molecule has 1 aromatic rings. The SMILES string of the molecule is O=C(O)CCN1C(=O)[C@H]2[C@H](CC=C3[C@H](c4ccccc4OCCO)C4=C(C[C@H]32)C(=O)C(Br)=CC4=O)C1=O. The minimum Gasteiger partial charge on any atom is -0.491 e. The van der Waals surface area contributed by atoms with E-state index in [1.54, 1.807) is 24.3 Å². The van der Waals surface area contributed by atoms with Crippen LogP contribution in [0.15, 0.2) is 57.6 Å². The van der Waals surface area contributed by atoms with Crippen molar-refractivity contribution in [3.8, 4) is 5.75 Å². The van der Waals surface area contributed by atoms with Gasteiger partial charge in [0.15, 0.2) is 11.6 Å². The Bertz CT molecular complexity index is 1330. The summed E-state index contributed by atoms with van der Waals surface area (Å²) in [5.74, 6) is -4.75. The van der Waals surface area contributed by atoms with Gasteiger partial charge in [0.25, 0.3) is 0 Å². The van der Waals surface area contributed by atoms with Gasteiger partial charge in [0.2, 0.25) is 11.8 Å². The molecule has 0 radical (unpaired) electrons. The molecule has 3 aliphatic carbocycles. The van der Waals surface area contributed by atoms with Crippen molar-refractivity contribution in [2.45, 2.75) is 25.2 Å². The van der Waals surface area contributed by atoms with Crippen molar-refractivity contribution >= 4 is 45.3 Å². The maximum atomic E-state index is 13.5. The molecule has 10 heteroatoms. The van der Waals surface area contributed by atoms with Gasteiger partial charge in [-0.15, -0.1) is 0 Å². The van der Waals surface area contributed by atoms with E-state index in [2.05, 4.69) is 15.9 Å². The molecule has 1 heterocycles. The quantitative estimate of drug-likeness (QED) is 0.290. The molecule has 2 N–H and O–H groups in total. The number of aliphatic hydroxyl groups is 1. The molecule has 4 aliphatic rings. The van der Waals surface area contributed by atoms with Gasteiger partial charge in [-0.2, -0.15) is 0 Å². The largest absolute Gasteiger partial charge is 0.491 e. The minimum absolute atomic E-state index is 0.0344. The van der Waals surface area contributed by atoms with Crippen LogP contribution in [0.25, 0.3) is 0 Å². The van der Waals surface area contributed by atoms with E-state index < -0.39 is 41.5 Å². The van der Waals surface area contributed by atoms with E-state index in [4.69, 9.17) is 9.84 Å². The van der Waals surface area contributed by atoms with Crippen LogP contribution in [0.4, 0.5) is 0 Å². The number of benzene rings is 1. The first-order chi connectivity index (χ1) is 17.7. The predicted molar refractivity (Wildman–Crippen MR) is 133 cm³/mol. The number of carbonyl (C=O) groups excluding carboxylic acids is 4. The molecular weight excluding hydrogens is 546 g/mol. The van der Waals surface area contributed by atoms with Gasteiger partial charge in [0.1, 0.15) is 12.4 Å². The van der Waals surface area contributed by atoms with E-state index in [9.17, 15) is 29.1 Å². The Balaban J connectivity index is 1.63. The van der Waals surface area contributed by atoms with Gasteiger partial charge < -0.3 is 14.9 Å². The average Bonchev–Trinajstić information content (AvgIpc) is 3.13. The van der Waals surface area contributed by atoms with Crippen LogP contribution in [0.3, 0.4) is 0 Å². The van der Waals surface area contributed by atoms with Gasteiger partial charge in [-0.3, -0.25) is 28.9 Å². The fourth-order valence-electron chi connectivity index (χ4n) is 6.06. The number of imide groups is 1. The summed E-state index contributed by atoms with van der Waals surface area (Å²) in [7, 11) is 0. The molecule has 192 valence electrons. The number of carbonyl (C=O) groups is 5. The monoisotopic (exact) mass is 569 g/mol. The lowest BCUT2D eigenvalue weighted by Crippen LogP contribution is -2.40. The second-order valence-corrected chi connectivity index (χ2v) is 10.3. The maximum Gasteiger partial charge on any atom is 0.305 e. The van der Waals surface area contributed by atoms with Crippen LogP contribution in [-0.2, 0) is 24.0 Å². The summed E-state index contributed by atoms with van der Waals surface area (Å²) in [5.41, 5.74) is 2.03. The molecule has 0 aromatic heterocycles. The molecule has 5 rings (SSSR count). The van der Waals surface area contributed by atoms with Gasteiger partial charge in [0.05, 0.1) is 29.3 Å². The summed E-state index contributed by atoms with van der Waals surface area (Å²) in [6, 6.07) is 7.07. The van der Waals surface area contributed by atoms with E-state index in [-0.39, 0.29) is 55.1 Å². The molecule has 4 atom stereocenters. The number of likely N-dealkylation sites (tertiary alicyclic amines) is 1. The van der Waals surface area contributed by atoms with Crippen molar-refractivity contribution in [2.24, 2.45) is 17.8 Å². The Hall–Kier alpha value is -3.37. The molecule has 0 spiro atoms. The van der Waals surface area contributed by atoms with Crippen molar-refractivity contribution in [2.75, 3.05) is 19.8 Å². The molecule has 1 fully saturated rings. The normalized spacial score (nSPS) is 26.9. The third kappa shape index (κ3) is 4.18. The van der Waals surface area contributed by atoms with Crippen molar-refractivity contribution in [1.29, 1.82) is 0 Å². The van der Waals surface area contributed by atoms with E-state index in [1.165, 1.54) is 6.08 Å². The smallest absolute Gasteiger partial charge is 0.305 e. The first-order valence-corrected chi connectivity index (χ1v) is 12.8. The maximum absolute atomic E-state index is 13.5. The third-order valence-electron chi connectivity index (χ3n) is 7.55. The number of rotatable bonds is 7. The first kappa shape index (κ1) is 25.3. The van der Waals surface area contributed by atoms with Crippen molar-refractivity contribution in [3.63, 3.8) is 0 Å². The summed E-state index contributed by atoms with van der Waals surface area (Å²) >= 11 is 3.20.